The lowest BCUT2D eigenvalue weighted by Gasteiger charge is -2.34. The molecule has 1 aliphatic rings. The van der Waals surface area contributed by atoms with Crippen LogP contribution in [0.5, 0.6) is 0 Å². The third-order valence-corrected chi connectivity index (χ3v) is 4.55. The molecule has 0 bridgehead atoms. The fourth-order valence-electron chi connectivity index (χ4n) is 2.39. The van der Waals surface area contributed by atoms with Crippen LogP contribution in [-0.2, 0) is 4.74 Å². The van der Waals surface area contributed by atoms with Gasteiger partial charge in [0.25, 0.3) is 5.91 Å². The zero-order valence-electron chi connectivity index (χ0n) is 13.4. The van der Waals surface area contributed by atoms with Crippen LogP contribution in [0.4, 0.5) is 4.79 Å². The number of nitrogens with one attached hydrogen (secondary N) is 2. The average Bonchev–Trinajstić information content (AvgIpc) is 3.09. The van der Waals surface area contributed by atoms with Crippen LogP contribution >= 0.6 is 11.3 Å². The van der Waals surface area contributed by atoms with E-state index < -0.39 is 0 Å². The van der Waals surface area contributed by atoms with Gasteiger partial charge >= 0.3 is 6.03 Å². The topological polar surface area (TPSA) is 73.9 Å². The number of rotatable bonds is 7. The first kappa shape index (κ1) is 17.7. The molecular weight excluding hydrogens is 316 g/mol. The summed E-state index contributed by atoms with van der Waals surface area (Å²) < 4.78 is 4.87. The minimum atomic E-state index is -0.173. The van der Waals surface area contributed by atoms with Crippen molar-refractivity contribution in [3.8, 4) is 0 Å². The monoisotopic (exact) mass is 340 g/mol. The summed E-state index contributed by atoms with van der Waals surface area (Å²) in [5, 5.41) is 7.46. The molecular formula is C15H24N4O3S. The van der Waals surface area contributed by atoms with Crippen molar-refractivity contribution in [3.63, 3.8) is 0 Å². The van der Waals surface area contributed by atoms with Gasteiger partial charge in [0.1, 0.15) is 0 Å². The largest absolute Gasteiger partial charge is 0.383 e. The van der Waals surface area contributed by atoms with Crippen LogP contribution < -0.4 is 10.6 Å². The molecule has 0 aliphatic carbocycles. The highest BCUT2D eigenvalue weighted by Crippen LogP contribution is 2.13. The van der Waals surface area contributed by atoms with Gasteiger partial charge in [-0.05, 0) is 11.4 Å². The Labute approximate surface area is 140 Å². The molecule has 0 saturated carbocycles. The third kappa shape index (κ3) is 5.81. The van der Waals surface area contributed by atoms with Crippen LogP contribution in [0, 0.1) is 0 Å². The molecule has 0 spiro atoms. The van der Waals surface area contributed by atoms with Crippen molar-refractivity contribution in [2.24, 2.45) is 0 Å². The molecule has 1 saturated heterocycles. The molecule has 3 amide bonds. The van der Waals surface area contributed by atoms with Crippen LogP contribution in [0.25, 0.3) is 0 Å². The van der Waals surface area contributed by atoms with Crippen LogP contribution in [0.3, 0.4) is 0 Å². The van der Waals surface area contributed by atoms with Crippen molar-refractivity contribution in [2.75, 3.05) is 59.5 Å². The summed E-state index contributed by atoms with van der Waals surface area (Å²) in [6.07, 6.45) is 0. The standard InChI is InChI=1S/C15H24N4O3S/c1-22-11-5-17-15(21)16-4-6-18-7-9-19(10-8-18)14(20)13-3-2-12-23-13/h2-3,12H,4-11H2,1H3,(H2,16,17,21). The molecule has 23 heavy (non-hydrogen) atoms. The number of hydrogen-bond acceptors (Lipinski definition) is 5. The molecule has 7 nitrogen and oxygen atoms in total. The highest BCUT2D eigenvalue weighted by molar-refractivity contribution is 7.12. The number of hydrogen-bond donors (Lipinski definition) is 2. The van der Waals surface area contributed by atoms with E-state index in [2.05, 4.69) is 15.5 Å². The van der Waals surface area contributed by atoms with Gasteiger partial charge < -0.3 is 20.3 Å². The number of thiophene rings is 1. The quantitative estimate of drug-likeness (QED) is 0.707. The Morgan fingerprint density at radius 2 is 1.96 bits per heavy atom. The van der Waals surface area contributed by atoms with Gasteiger partial charge in [-0.15, -0.1) is 11.3 Å². The summed E-state index contributed by atoms with van der Waals surface area (Å²) in [7, 11) is 1.60. The summed E-state index contributed by atoms with van der Waals surface area (Å²) in [6, 6.07) is 3.59. The molecule has 1 aliphatic heterocycles. The van der Waals surface area contributed by atoms with Gasteiger partial charge in [-0.3, -0.25) is 9.69 Å². The Balaban J connectivity index is 1.60. The molecule has 2 N–H and O–H groups in total. The minimum absolute atomic E-state index is 0.121. The summed E-state index contributed by atoms with van der Waals surface area (Å²) in [5.74, 6) is 0.121. The van der Waals surface area contributed by atoms with Gasteiger partial charge in [-0.1, -0.05) is 6.07 Å². The van der Waals surface area contributed by atoms with Crippen LogP contribution in [-0.4, -0.2) is 81.3 Å². The van der Waals surface area contributed by atoms with Crippen molar-refractivity contribution in [1.82, 2.24) is 20.4 Å². The van der Waals surface area contributed by atoms with Gasteiger partial charge in [0, 0.05) is 52.9 Å². The lowest BCUT2D eigenvalue weighted by Crippen LogP contribution is -2.50. The SMILES string of the molecule is COCCNC(=O)NCCN1CCN(C(=O)c2cccs2)CC1. The number of ether oxygens (including phenoxy) is 1. The first-order valence-corrected chi connectivity index (χ1v) is 8.64. The van der Waals surface area contributed by atoms with E-state index in [4.69, 9.17) is 4.74 Å². The second-order valence-electron chi connectivity index (χ2n) is 5.29. The Morgan fingerprint density at radius 1 is 1.22 bits per heavy atom. The fourth-order valence-corrected chi connectivity index (χ4v) is 3.08. The first-order chi connectivity index (χ1) is 11.2. The number of nitrogens with zero attached hydrogens (tertiary/aromatic N) is 2. The molecule has 1 aromatic rings. The fraction of sp³-hybridized carbons (Fsp3) is 0.600. The number of piperazine rings is 1. The summed E-state index contributed by atoms with van der Waals surface area (Å²) in [4.78, 5) is 28.7. The average molecular weight is 340 g/mol. The molecule has 2 rings (SSSR count). The maximum atomic E-state index is 12.2. The normalized spacial score (nSPS) is 15.4. The maximum absolute atomic E-state index is 12.2. The predicted molar refractivity (Wildman–Crippen MR) is 89.9 cm³/mol. The Bertz CT molecular complexity index is 487. The van der Waals surface area contributed by atoms with E-state index in [1.165, 1.54) is 11.3 Å². The number of urea groups is 1. The van der Waals surface area contributed by atoms with Crippen molar-refractivity contribution < 1.29 is 14.3 Å². The molecule has 0 unspecified atom stereocenters. The smallest absolute Gasteiger partial charge is 0.314 e. The zero-order chi connectivity index (χ0) is 16.5. The number of methoxy groups -OCH3 is 1. The van der Waals surface area contributed by atoms with E-state index in [-0.39, 0.29) is 11.9 Å². The second-order valence-corrected chi connectivity index (χ2v) is 6.23. The van der Waals surface area contributed by atoms with Crippen molar-refractivity contribution in [3.05, 3.63) is 22.4 Å². The molecule has 0 radical (unpaired) electrons. The molecule has 0 atom stereocenters. The third-order valence-electron chi connectivity index (χ3n) is 3.70. The summed E-state index contributed by atoms with van der Waals surface area (Å²) in [5.41, 5.74) is 0. The number of carbonyl (C=O) groups is 2. The minimum Gasteiger partial charge on any atom is -0.383 e. The molecule has 8 heteroatoms. The molecule has 2 heterocycles. The van der Waals surface area contributed by atoms with Gasteiger partial charge in [0.15, 0.2) is 0 Å². The molecule has 1 fully saturated rings. The zero-order valence-corrected chi connectivity index (χ0v) is 14.2. The molecule has 1 aromatic heterocycles. The Kier molecular flexibility index (Phi) is 7.31. The van der Waals surface area contributed by atoms with E-state index in [0.29, 0.717) is 19.7 Å². The second kappa shape index (κ2) is 9.49. The highest BCUT2D eigenvalue weighted by atomic mass is 32.1. The van der Waals surface area contributed by atoms with Gasteiger partial charge in [0.05, 0.1) is 11.5 Å². The number of amides is 3. The maximum Gasteiger partial charge on any atom is 0.314 e. The van der Waals surface area contributed by atoms with Gasteiger partial charge in [-0.2, -0.15) is 0 Å². The van der Waals surface area contributed by atoms with Crippen molar-refractivity contribution in [2.45, 2.75) is 0 Å². The van der Waals surface area contributed by atoms with Crippen molar-refractivity contribution >= 4 is 23.3 Å². The van der Waals surface area contributed by atoms with Crippen molar-refractivity contribution in [1.29, 1.82) is 0 Å². The van der Waals surface area contributed by atoms with E-state index in [0.717, 1.165) is 37.6 Å². The van der Waals surface area contributed by atoms with Gasteiger partial charge in [0.2, 0.25) is 0 Å². The lowest BCUT2D eigenvalue weighted by atomic mass is 10.3. The Morgan fingerprint density at radius 3 is 2.61 bits per heavy atom. The van der Waals surface area contributed by atoms with Gasteiger partial charge in [-0.25, -0.2) is 4.79 Å². The highest BCUT2D eigenvalue weighted by Gasteiger charge is 2.22. The molecule has 128 valence electrons. The molecule has 0 aromatic carbocycles. The van der Waals surface area contributed by atoms with E-state index in [1.54, 1.807) is 7.11 Å². The lowest BCUT2D eigenvalue weighted by molar-refractivity contribution is 0.0644. The Hall–Kier alpha value is -1.64. The summed E-state index contributed by atoms with van der Waals surface area (Å²) >= 11 is 1.48. The van der Waals surface area contributed by atoms with E-state index in [1.807, 2.05) is 22.4 Å². The number of carbonyl (C=O) groups excluding carboxylic acids is 2. The predicted octanol–water partition coefficient (Wildman–Crippen LogP) is 0.452. The van der Waals surface area contributed by atoms with Crippen LogP contribution in [0.1, 0.15) is 9.67 Å². The van der Waals surface area contributed by atoms with E-state index in [9.17, 15) is 9.59 Å². The first-order valence-electron chi connectivity index (χ1n) is 7.76. The van der Waals surface area contributed by atoms with Crippen LogP contribution in [0.15, 0.2) is 17.5 Å². The summed E-state index contributed by atoms with van der Waals surface area (Å²) in [6.45, 7) is 5.54. The van der Waals surface area contributed by atoms with Crippen LogP contribution in [0.2, 0.25) is 0 Å². The van der Waals surface area contributed by atoms with E-state index >= 15 is 0 Å².